The molecular formula is C18H22FN3O4. The number of aromatic carboxylic acids is 1. The number of benzene rings is 1. The third kappa shape index (κ3) is 3.37. The Morgan fingerprint density at radius 1 is 1.42 bits per heavy atom. The van der Waals surface area contributed by atoms with E-state index in [0.29, 0.717) is 11.6 Å². The number of carboxylic acids is 1. The van der Waals surface area contributed by atoms with Crippen molar-refractivity contribution < 1.29 is 23.6 Å². The second-order valence-electron chi connectivity index (χ2n) is 6.60. The average Bonchev–Trinajstić information content (AvgIpc) is 3.22. The zero-order valence-electron chi connectivity index (χ0n) is 15.0. The van der Waals surface area contributed by atoms with E-state index in [1.54, 1.807) is 0 Å². The highest BCUT2D eigenvalue weighted by molar-refractivity contribution is 5.99. The number of nitrogens with zero attached hydrogens (tertiary/aromatic N) is 2. The second kappa shape index (κ2) is 7.33. The first-order chi connectivity index (χ1) is 12.4. The summed E-state index contributed by atoms with van der Waals surface area (Å²) >= 11 is 0. The van der Waals surface area contributed by atoms with E-state index in [0.717, 1.165) is 19.3 Å². The van der Waals surface area contributed by atoms with Crippen molar-refractivity contribution in [1.29, 1.82) is 0 Å². The normalized spacial score (nSPS) is 19.7. The molecular weight excluding hydrogens is 341 g/mol. The monoisotopic (exact) mass is 363 g/mol. The fourth-order valence-corrected chi connectivity index (χ4v) is 3.49. The van der Waals surface area contributed by atoms with Gasteiger partial charge in [-0.3, -0.25) is 0 Å². The lowest BCUT2D eigenvalue weighted by Gasteiger charge is -2.26. The molecule has 7 nitrogen and oxygen atoms in total. The van der Waals surface area contributed by atoms with E-state index in [1.165, 1.54) is 25.3 Å². The average molecular weight is 363 g/mol. The number of likely N-dealkylation sites (N-methyl/N-ethyl adjacent to an activating group) is 1. The van der Waals surface area contributed by atoms with Crippen LogP contribution in [0.3, 0.4) is 0 Å². The molecule has 0 saturated heterocycles. The van der Waals surface area contributed by atoms with Crippen molar-refractivity contribution in [3.63, 3.8) is 0 Å². The van der Waals surface area contributed by atoms with E-state index >= 15 is 0 Å². The maximum atomic E-state index is 13.6. The van der Waals surface area contributed by atoms with Crippen LogP contribution in [0.2, 0.25) is 0 Å². The van der Waals surface area contributed by atoms with E-state index in [2.05, 4.69) is 15.4 Å². The van der Waals surface area contributed by atoms with Gasteiger partial charge in [-0.15, -0.1) is 0 Å². The van der Waals surface area contributed by atoms with Gasteiger partial charge in [-0.25, -0.2) is 9.18 Å². The first-order valence-corrected chi connectivity index (χ1v) is 8.42. The number of carboxylic acid groups (broad SMARTS) is 1. The number of carbonyl (C=O) groups is 1. The predicted molar refractivity (Wildman–Crippen MR) is 94.1 cm³/mol. The number of hydrogen-bond donors (Lipinski definition) is 2. The van der Waals surface area contributed by atoms with Crippen LogP contribution in [0.15, 0.2) is 22.7 Å². The Balaban J connectivity index is 1.95. The van der Waals surface area contributed by atoms with E-state index in [4.69, 9.17) is 9.26 Å². The first kappa shape index (κ1) is 18.2. The molecule has 1 aromatic heterocycles. The molecule has 8 heteroatoms. The highest BCUT2D eigenvalue weighted by Gasteiger charge is 2.32. The number of aromatic nitrogens is 1. The quantitative estimate of drug-likeness (QED) is 0.815. The Morgan fingerprint density at radius 2 is 2.19 bits per heavy atom. The largest absolute Gasteiger partial charge is 0.494 e. The van der Waals surface area contributed by atoms with Gasteiger partial charge in [0.15, 0.2) is 28.7 Å². The molecule has 0 amide bonds. The van der Waals surface area contributed by atoms with Crippen LogP contribution in [0.5, 0.6) is 5.75 Å². The van der Waals surface area contributed by atoms with Gasteiger partial charge in [0.25, 0.3) is 0 Å². The zero-order chi connectivity index (χ0) is 18.8. The summed E-state index contributed by atoms with van der Waals surface area (Å²) in [5.41, 5.74) is 0.319. The Bertz CT molecular complexity index is 806. The Labute approximate surface area is 150 Å². The van der Waals surface area contributed by atoms with Crippen molar-refractivity contribution in [3.8, 4) is 17.1 Å². The van der Waals surface area contributed by atoms with E-state index in [9.17, 15) is 14.3 Å². The van der Waals surface area contributed by atoms with Crippen molar-refractivity contribution in [2.45, 2.75) is 31.3 Å². The molecule has 0 bridgehead atoms. The minimum Gasteiger partial charge on any atom is -0.494 e. The maximum absolute atomic E-state index is 13.6. The third-order valence-corrected chi connectivity index (χ3v) is 4.78. The summed E-state index contributed by atoms with van der Waals surface area (Å²) in [4.78, 5) is 14.0. The van der Waals surface area contributed by atoms with E-state index < -0.39 is 11.8 Å². The summed E-state index contributed by atoms with van der Waals surface area (Å²) in [5.74, 6) is -1.43. The molecule has 0 unspecified atom stereocenters. The Kier molecular flexibility index (Phi) is 5.13. The molecule has 2 N–H and O–H groups in total. The lowest BCUT2D eigenvalue weighted by molar-refractivity contribution is 0.0698. The van der Waals surface area contributed by atoms with Crippen molar-refractivity contribution in [2.24, 2.45) is 0 Å². The number of anilines is 1. The van der Waals surface area contributed by atoms with Gasteiger partial charge in [0.1, 0.15) is 0 Å². The summed E-state index contributed by atoms with van der Waals surface area (Å²) in [6.07, 6.45) is 3.02. The van der Waals surface area contributed by atoms with Gasteiger partial charge in [-0.2, -0.15) is 0 Å². The lowest BCUT2D eigenvalue weighted by atomic mass is 10.1. The van der Waals surface area contributed by atoms with Crippen LogP contribution in [-0.4, -0.2) is 54.4 Å². The lowest BCUT2D eigenvalue weighted by Crippen LogP contribution is -2.39. The maximum Gasteiger partial charge on any atom is 0.343 e. The zero-order valence-corrected chi connectivity index (χ0v) is 15.0. The summed E-state index contributed by atoms with van der Waals surface area (Å²) in [7, 11) is 5.35. The fraction of sp³-hybridized carbons (Fsp3) is 0.444. The molecule has 2 aromatic rings. The number of hydrogen-bond acceptors (Lipinski definition) is 6. The van der Waals surface area contributed by atoms with Gasteiger partial charge in [0, 0.05) is 17.6 Å². The van der Waals surface area contributed by atoms with Crippen molar-refractivity contribution in [1.82, 2.24) is 10.1 Å². The van der Waals surface area contributed by atoms with Crippen LogP contribution < -0.4 is 10.1 Å². The topological polar surface area (TPSA) is 87.8 Å². The highest BCUT2D eigenvalue weighted by atomic mass is 19.1. The molecule has 1 aliphatic rings. The molecule has 1 fully saturated rings. The number of methoxy groups -OCH3 is 1. The van der Waals surface area contributed by atoms with Gasteiger partial charge in [-0.05, 0) is 51.6 Å². The molecule has 1 aliphatic carbocycles. The molecule has 1 saturated carbocycles. The predicted octanol–water partition coefficient (Wildman–Crippen LogP) is 3.08. The number of rotatable bonds is 6. The molecule has 1 aromatic carbocycles. The molecule has 0 spiro atoms. The minimum atomic E-state index is -1.16. The molecule has 140 valence electrons. The van der Waals surface area contributed by atoms with Crippen LogP contribution in [0.25, 0.3) is 11.3 Å². The SMILES string of the molecule is COc1cc(-c2onc(N[C@@H]3CCC[C@H]3N(C)C)c2C(=O)O)ccc1F. The fourth-order valence-electron chi connectivity index (χ4n) is 3.49. The van der Waals surface area contributed by atoms with Gasteiger partial charge in [0.2, 0.25) is 0 Å². The van der Waals surface area contributed by atoms with Gasteiger partial charge >= 0.3 is 5.97 Å². The summed E-state index contributed by atoms with van der Waals surface area (Å²) in [5, 5.41) is 16.8. The van der Waals surface area contributed by atoms with E-state index in [1.807, 2.05) is 14.1 Å². The summed E-state index contributed by atoms with van der Waals surface area (Å²) < 4.78 is 23.9. The van der Waals surface area contributed by atoms with Crippen LogP contribution >= 0.6 is 0 Å². The molecule has 26 heavy (non-hydrogen) atoms. The third-order valence-electron chi connectivity index (χ3n) is 4.78. The molecule has 1 heterocycles. The highest BCUT2D eigenvalue weighted by Crippen LogP contribution is 2.34. The van der Waals surface area contributed by atoms with Crippen LogP contribution in [0.4, 0.5) is 10.2 Å². The van der Waals surface area contributed by atoms with Gasteiger partial charge in [0.05, 0.1) is 7.11 Å². The van der Waals surface area contributed by atoms with Gasteiger partial charge < -0.3 is 24.6 Å². The number of halogens is 1. The Hall–Kier alpha value is -2.61. The van der Waals surface area contributed by atoms with E-state index in [-0.39, 0.29) is 28.9 Å². The first-order valence-electron chi connectivity index (χ1n) is 8.42. The van der Waals surface area contributed by atoms with Crippen molar-refractivity contribution in [3.05, 3.63) is 29.6 Å². The Morgan fingerprint density at radius 3 is 2.85 bits per heavy atom. The molecule has 3 rings (SSSR count). The van der Waals surface area contributed by atoms with Crippen LogP contribution in [0.1, 0.15) is 29.6 Å². The molecule has 0 aliphatic heterocycles. The summed E-state index contributed by atoms with van der Waals surface area (Å²) in [6.45, 7) is 0. The van der Waals surface area contributed by atoms with Crippen LogP contribution in [0, 0.1) is 5.82 Å². The van der Waals surface area contributed by atoms with Crippen molar-refractivity contribution >= 4 is 11.8 Å². The number of nitrogens with one attached hydrogen (secondary N) is 1. The second-order valence-corrected chi connectivity index (χ2v) is 6.60. The smallest absolute Gasteiger partial charge is 0.343 e. The van der Waals surface area contributed by atoms with Gasteiger partial charge in [-0.1, -0.05) is 5.16 Å². The molecule has 2 atom stereocenters. The summed E-state index contributed by atoms with van der Waals surface area (Å²) in [6, 6.07) is 4.41. The number of ether oxygens (including phenoxy) is 1. The van der Waals surface area contributed by atoms with Crippen molar-refractivity contribution in [2.75, 3.05) is 26.5 Å². The van der Waals surface area contributed by atoms with Crippen LogP contribution in [-0.2, 0) is 0 Å². The standard InChI is InChI=1S/C18H22FN3O4/c1-22(2)13-6-4-5-12(13)20-17-15(18(23)24)16(26-21-17)10-7-8-11(19)14(9-10)25-3/h7-9,12-13H,4-6H2,1-3H3,(H,20,21)(H,23,24)/t12-,13-/m1/s1. The minimum absolute atomic E-state index is 0.00760. The molecule has 0 radical (unpaired) electrons.